The summed E-state index contributed by atoms with van der Waals surface area (Å²) in [6.45, 7) is 9.82. The van der Waals surface area contributed by atoms with E-state index in [1.807, 2.05) is 20.8 Å². The maximum absolute atomic E-state index is 12.2. The van der Waals surface area contributed by atoms with E-state index in [4.69, 9.17) is 4.74 Å². The number of aliphatic hydroxyl groups excluding tert-OH is 1. The molecular formula is C17H32N2O3. The van der Waals surface area contributed by atoms with Crippen molar-refractivity contribution >= 4 is 6.09 Å². The molecule has 0 radical (unpaired) electrons. The van der Waals surface area contributed by atoms with Gasteiger partial charge in [0, 0.05) is 12.6 Å². The van der Waals surface area contributed by atoms with E-state index in [1.165, 1.54) is 25.7 Å². The highest BCUT2D eigenvalue weighted by Gasteiger charge is 2.41. The molecule has 0 aromatic carbocycles. The summed E-state index contributed by atoms with van der Waals surface area (Å²) in [5.41, 5.74) is -0.491. The van der Waals surface area contributed by atoms with Crippen molar-refractivity contribution in [2.75, 3.05) is 19.6 Å². The molecule has 5 heteroatoms. The first-order valence-corrected chi connectivity index (χ1v) is 8.73. The van der Waals surface area contributed by atoms with Crippen molar-refractivity contribution in [3.8, 4) is 0 Å². The van der Waals surface area contributed by atoms with Crippen molar-refractivity contribution < 1.29 is 14.6 Å². The van der Waals surface area contributed by atoms with Gasteiger partial charge in [-0.3, -0.25) is 4.90 Å². The molecule has 22 heavy (non-hydrogen) atoms. The SMILES string of the molecule is CCC1CCCCCN1C1CN(C(=O)OC(C)(C)C)CC1O. The average Bonchev–Trinajstić information content (AvgIpc) is 2.66. The minimum atomic E-state index is -0.491. The molecule has 2 saturated heterocycles. The Morgan fingerprint density at radius 1 is 1.23 bits per heavy atom. The molecular weight excluding hydrogens is 280 g/mol. The predicted molar refractivity (Wildman–Crippen MR) is 86.9 cm³/mol. The Hall–Kier alpha value is -0.810. The number of carbonyl (C=O) groups excluding carboxylic acids is 1. The van der Waals surface area contributed by atoms with E-state index in [2.05, 4.69) is 11.8 Å². The molecule has 3 unspecified atom stereocenters. The number of likely N-dealkylation sites (tertiary alicyclic amines) is 2. The van der Waals surface area contributed by atoms with Crippen LogP contribution in [-0.2, 0) is 4.74 Å². The Labute approximate surface area is 134 Å². The van der Waals surface area contributed by atoms with Crippen molar-refractivity contribution in [3.05, 3.63) is 0 Å². The molecule has 5 nitrogen and oxygen atoms in total. The summed E-state index contributed by atoms with van der Waals surface area (Å²) in [5.74, 6) is 0. The van der Waals surface area contributed by atoms with Crippen LogP contribution in [0.3, 0.4) is 0 Å². The van der Waals surface area contributed by atoms with Gasteiger partial charge in [0.05, 0.1) is 18.7 Å². The first-order valence-electron chi connectivity index (χ1n) is 8.73. The molecule has 2 heterocycles. The Morgan fingerprint density at radius 3 is 2.59 bits per heavy atom. The molecule has 0 aliphatic carbocycles. The van der Waals surface area contributed by atoms with Crippen LogP contribution in [-0.4, -0.2) is 64.4 Å². The second-order valence-corrected chi connectivity index (χ2v) is 7.67. The smallest absolute Gasteiger partial charge is 0.410 e. The zero-order valence-electron chi connectivity index (χ0n) is 14.5. The average molecular weight is 312 g/mol. The predicted octanol–water partition coefficient (Wildman–Crippen LogP) is 2.62. The van der Waals surface area contributed by atoms with E-state index in [0.717, 1.165) is 13.0 Å². The number of hydrogen-bond donors (Lipinski definition) is 1. The van der Waals surface area contributed by atoms with Gasteiger partial charge < -0.3 is 14.7 Å². The highest BCUT2D eigenvalue weighted by Crippen LogP contribution is 2.27. The summed E-state index contributed by atoms with van der Waals surface area (Å²) >= 11 is 0. The van der Waals surface area contributed by atoms with E-state index in [0.29, 0.717) is 19.1 Å². The minimum absolute atomic E-state index is 0.0515. The van der Waals surface area contributed by atoms with Gasteiger partial charge >= 0.3 is 6.09 Å². The number of ether oxygens (including phenoxy) is 1. The van der Waals surface area contributed by atoms with Gasteiger partial charge in [0.1, 0.15) is 5.60 Å². The van der Waals surface area contributed by atoms with E-state index in [-0.39, 0.29) is 12.1 Å². The van der Waals surface area contributed by atoms with Crippen LogP contribution in [0, 0.1) is 0 Å². The zero-order chi connectivity index (χ0) is 16.3. The summed E-state index contributed by atoms with van der Waals surface area (Å²) in [4.78, 5) is 16.3. The Kier molecular flexibility index (Phi) is 5.72. The van der Waals surface area contributed by atoms with Gasteiger partial charge in [-0.1, -0.05) is 19.8 Å². The lowest BCUT2D eigenvalue weighted by atomic mass is 10.0. The summed E-state index contributed by atoms with van der Waals surface area (Å²) in [5, 5.41) is 10.5. The molecule has 0 bridgehead atoms. The highest BCUT2D eigenvalue weighted by molar-refractivity contribution is 5.68. The molecule has 0 aromatic rings. The lowest BCUT2D eigenvalue weighted by Gasteiger charge is -2.35. The molecule has 2 rings (SSSR count). The first-order chi connectivity index (χ1) is 10.3. The molecule has 2 aliphatic rings. The highest BCUT2D eigenvalue weighted by atomic mass is 16.6. The monoisotopic (exact) mass is 312 g/mol. The van der Waals surface area contributed by atoms with Gasteiger partial charge in [-0.2, -0.15) is 0 Å². The number of aliphatic hydroxyl groups is 1. The van der Waals surface area contributed by atoms with E-state index >= 15 is 0 Å². The van der Waals surface area contributed by atoms with Crippen LogP contribution in [0.25, 0.3) is 0 Å². The maximum atomic E-state index is 12.2. The molecule has 2 aliphatic heterocycles. The summed E-state index contributed by atoms with van der Waals surface area (Å²) < 4.78 is 5.44. The maximum Gasteiger partial charge on any atom is 0.410 e. The fourth-order valence-corrected chi connectivity index (χ4v) is 3.65. The molecule has 0 spiro atoms. The molecule has 0 aromatic heterocycles. The van der Waals surface area contributed by atoms with E-state index in [1.54, 1.807) is 4.90 Å². The zero-order valence-corrected chi connectivity index (χ0v) is 14.5. The molecule has 1 amide bonds. The Morgan fingerprint density at radius 2 is 1.95 bits per heavy atom. The van der Waals surface area contributed by atoms with Gasteiger partial charge in [0.15, 0.2) is 0 Å². The van der Waals surface area contributed by atoms with Crippen LogP contribution in [0.4, 0.5) is 4.79 Å². The van der Waals surface area contributed by atoms with E-state index in [9.17, 15) is 9.90 Å². The molecule has 2 fully saturated rings. The quantitative estimate of drug-likeness (QED) is 0.851. The molecule has 128 valence electrons. The van der Waals surface area contributed by atoms with Gasteiger partial charge in [0.2, 0.25) is 0 Å². The molecule has 0 saturated carbocycles. The van der Waals surface area contributed by atoms with Crippen molar-refractivity contribution in [2.24, 2.45) is 0 Å². The van der Waals surface area contributed by atoms with Crippen molar-refractivity contribution in [2.45, 2.75) is 83.6 Å². The van der Waals surface area contributed by atoms with Crippen LogP contribution in [0.2, 0.25) is 0 Å². The van der Waals surface area contributed by atoms with Gasteiger partial charge in [-0.25, -0.2) is 4.79 Å². The first kappa shape index (κ1) is 17.5. The van der Waals surface area contributed by atoms with Crippen LogP contribution in [0.1, 0.15) is 59.8 Å². The normalized spacial score (nSPS) is 31.1. The minimum Gasteiger partial charge on any atom is -0.444 e. The van der Waals surface area contributed by atoms with Crippen molar-refractivity contribution in [3.63, 3.8) is 0 Å². The standard InChI is InChI=1S/C17H32N2O3/c1-5-13-9-7-6-8-10-19(13)14-11-18(12-15(14)20)16(21)22-17(2,3)4/h13-15,20H,5-12H2,1-4H3. The van der Waals surface area contributed by atoms with Gasteiger partial charge in [-0.15, -0.1) is 0 Å². The van der Waals surface area contributed by atoms with Crippen LogP contribution in [0.5, 0.6) is 0 Å². The number of rotatable bonds is 2. The summed E-state index contributed by atoms with van der Waals surface area (Å²) in [6.07, 6.45) is 5.25. The topological polar surface area (TPSA) is 53.0 Å². The Balaban J connectivity index is 2.01. The van der Waals surface area contributed by atoms with Crippen LogP contribution in [0.15, 0.2) is 0 Å². The van der Waals surface area contributed by atoms with Crippen LogP contribution >= 0.6 is 0 Å². The molecule has 1 N–H and O–H groups in total. The lowest BCUT2D eigenvalue weighted by Crippen LogP contribution is -2.48. The second kappa shape index (κ2) is 7.18. The van der Waals surface area contributed by atoms with Crippen molar-refractivity contribution in [1.29, 1.82) is 0 Å². The van der Waals surface area contributed by atoms with Crippen molar-refractivity contribution in [1.82, 2.24) is 9.80 Å². The van der Waals surface area contributed by atoms with Crippen LogP contribution < -0.4 is 0 Å². The molecule has 3 atom stereocenters. The van der Waals surface area contributed by atoms with E-state index < -0.39 is 11.7 Å². The third-order valence-corrected chi connectivity index (χ3v) is 4.73. The fourth-order valence-electron chi connectivity index (χ4n) is 3.65. The second-order valence-electron chi connectivity index (χ2n) is 7.67. The number of carbonyl (C=O) groups is 1. The van der Waals surface area contributed by atoms with Gasteiger partial charge in [0.25, 0.3) is 0 Å². The third-order valence-electron chi connectivity index (χ3n) is 4.73. The number of amides is 1. The number of hydrogen-bond acceptors (Lipinski definition) is 4. The summed E-state index contributed by atoms with van der Waals surface area (Å²) in [6, 6.07) is 0.580. The Bertz CT molecular complexity index is 381. The van der Waals surface area contributed by atoms with Gasteiger partial charge in [-0.05, 0) is 46.6 Å². The number of nitrogens with zero attached hydrogens (tertiary/aromatic N) is 2. The lowest BCUT2D eigenvalue weighted by molar-refractivity contribution is 0.0268. The number of β-amino-alcohol motifs (C(OH)–C–C–N with tert-alkyl or cyclic N) is 1. The summed E-state index contributed by atoms with van der Waals surface area (Å²) in [7, 11) is 0. The fraction of sp³-hybridized carbons (Fsp3) is 0.941. The third kappa shape index (κ3) is 4.35. The largest absolute Gasteiger partial charge is 0.444 e.